The van der Waals surface area contributed by atoms with E-state index in [0.717, 1.165) is 17.2 Å². The Morgan fingerprint density at radius 3 is 2.50 bits per heavy atom. The molecule has 0 N–H and O–H groups in total. The predicted molar refractivity (Wildman–Crippen MR) is 60.8 cm³/mol. The van der Waals surface area contributed by atoms with E-state index in [1.54, 1.807) is 0 Å². The van der Waals surface area contributed by atoms with Crippen molar-refractivity contribution in [2.75, 3.05) is 5.33 Å². The Morgan fingerprint density at radius 2 is 2.08 bits per heavy atom. The number of rotatable bonds is 7. The third-order valence-corrected chi connectivity index (χ3v) is 2.96. The van der Waals surface area contributed by atoms with Crippen LogP contribution in [0.2, 0.25) is 0 Å². The van der Waals surface area contributed by atoms with E-state index in [9.17, 15) is 0 Å². The van der Waals surface area contributed by atoms with E-state index < -0.39 is 0 Å². The van der Waals surface area contributed by atoms with Crippen LogP contribution in [0.15, 0.2) is 12.7 Å². The predicted octanol–water partition coefficient (Wildman–Crippen LogP) is 4.40. The van der Waals surface area contributed by atoms with Crippen LogP contribution in [-0.2, 0) is 0 Å². The summed E-state index contributed by atoms with van der Waals surface area (Å²) >= 11 is 3.57. The molecule has 0 amide bonds. The Bertz CT molecular complexity index is 108. The Balaban J connectivity index is 3.45. The molecule has 0 aromatic heterocycles. The fraction of sp³-hybridized carbons (Fsp3) is 0.818. The fourth-order valence-electron chi connectivity index (χ4n) is 1.48. The van der Waals surface area contributed by atoms with E-state index >= 15 is 0 Å². The zero-order valence-electron chi connectivity index (χ0n) is 8.35. The first-order valence-corrected chi connectivity index (χ1v) is 5.99. The Hall–Kier alpha value is 0.220. The summed E-state index contributed by atoms with van der Waals surface area (Å²) in [6.45, 7) is 8.32. The van der Waals surface area contributed by atoms with E-state index in [2.05, 4.69) is 36.4 Å². The molecule has 0 aliphatic carbocycles. The van der Waals surface area contributed by atoms with Gasteiger partial charge in [-0.25, -0.2) is 0 Å². The van der Waals surface area contributed by atoms with Gasteiger partial charge < -0.3 is 0 Å². The third kappa shape index (κ3) is 6.90. The minimum atomic E-state index is 0.830. The molecule has 0 saturated carbocycles. The van der Waals surface area contributed by atoms with Crippen molar-refractivity contribution in [2.45, 2.75) is 39.5 Å². The van der Waals surface area contributed by atoms with Gasteiger partial charge in [0, 0.05) is 5.33 Å². The van der Waals surface area contributed by atoms with E-state index in [4.69, 9.17) is 0 Å². The van der Waals surface area contributed by atoms with Gasteiger partial charge in [0.15, 0.2) is 0 Å². The van der Waals surface area contributed by atoms with Gasteiger partial charge in [0.2, 0.25) is 0 Å². The summed E-state index contributed by atoms with van der Waals surface area (Å²) in [5.41, 5.74) is 0. The molecule has 0 rings (SSSR count). The molecule has 0 bridgehead atoms. The normalized spacial score (nSPS) is 13.3. The molecule has 0 aliphatic rings. The van der Waals surface area contributed by atoms with Gasteiger partial charge >= 0.3 is 0 Å². The largest absolute Gasteiger partial charge is 0.103 e. The number of unbranched alkanes of at least 4 members (excludes halogenated alkanes) is 1. The highest BCUT2D eigenvalue weighted by atomic mass is 79.9. The molecule has 0 radical (unpaired) electrons. The van der Waals surface area contributed by atoms with Crippen LogP contribution in [0.3, 0.4) is 0 Å². The maximum absolute atomic E-state index is 3.73. The van der Waals surface area contributed by atoms with Crippen molar-refractivity contribution in [1.29, 1.82) is 0 Å². The van der Waals surface area contributed by atoms with Crippen molar-refractivity contribution in [2.24, 2.45) is 11.8 Å². The van der Waals surface area contributed by atoms with Crippen molar-refractivity contribution < 1.29 is 0 Å². The van der Waals surface area contributed by atoms with Crippen LogP contribution in [0.25, 0.3) is 0 Å². The van der Waals surface area contributed by atoms with Gasteiger partial charge in [-0.05, 0) is 37.5 Å². The van der Waals surface area contributed by atoms with Crippen LogP contribution in [0.5, 0.6) is 0 Å². The molecular formula is C11H21Br. The summed E-state index contributed by atoms with van der Waals surface area (Å²) in [5, 5.41) is 1.16. The minimum absolute atomic E-state index is 0.830. The first-order valence-electron chi connectivity index (χ1n) is 4.87. The number of allylic oxidation sites excluding steroid dienone is 1. The highest BCUT2D eigenvalue weighted by molar-refractivity contribution is 9.09. The molecule has 0 saturated heterocycles. The van der Waals surface area contributed by atoms with Crippen LogP contribution in [0, 0.1) is 11.8 Å². The van der Waals surface area contributed by atoms with Crippen molar-refractivity contribution in [3.63, 3.8) is 0 Å². The van der Waals surface area contributed by atoms with Gasteiger partial charge in [-0.2, -0.15) is 0 Å². The molecule has 72 valence electrons. The number of hydrogen-bond donors (Lipinski definition) is 0. The fourth-order valence-corrected chi connectivity index (χ4v) is 2.06. The van der Waals surface area contributed by atoms with Gasteiger partial charge in [-0.1, -0.05) is 35.9 Å². The molecular weight excluding hydrogens is 212 g/mol. The van der Waals surface area contributed by atoms with Crippen molar-refractivity contribution in [3.8, 4) is 0 Å². The quantitative estimate of drug-likeness (QED) is 0.347. The summed E-state index contributed by atoms with van der Waals surface area (Å²) in [6.07, 6.45) is 7.17. The molecule has 0 aliphatic heterocycles. The maximum Gasteiger partial charge on any atom is 0.00597 e. The van der Waals surface area contributed by atoms with Crippen LogP contribution in [0.4, 0.5) is 0 Å². The van der Waals surface area contributed by atoms with Gasteiger partial charge in [-0.3, -0.25) is 0 Å². The second-order valence-corrected chi connectivity index (χ2v) is 4.52. The molecule has 1 atom stereocenters. The lowest BCUT2D eigenvalue weighted by atomic mass is 9.94. The lowest BCUT2D eigenvalue weighted by Crippen LogP contribution is -2.05. The van der Waals surface area contributed by atoms with Crippen molar-refractivity contribution >= 4 is 15.9 Å². The average Bonchev–Trinajstić information content (AvgIpc) is 2.02. The first kappa shape index (κ1) is 12.2. The molecule has 0 fully saturated rings. The standard InChI is InChI=1S/C11H21Br/c1-4-5-6-7-11(9-12)8-10(2)3/h4,10-11H,1,5-9H2,2-3H3. The molecule has 0 aromatic carbocycles. The highest BCUT2D eigenvalue weighted by Gasteiger charge is 2.08. The van der Waals surface area contributed by atoms with Gasteiger partial charge in [0.25, 0.3) is 0 Å². The maximum atomic E-state index is 3.73. The minimum Gasteiger partial charge on any atom is -0.103 e. The second kappa shape index (κ2) is 7.85. The first-order chi connectivity index (χ1) is 5.70. The topological polar surface area (TPSA) is 0 Å². The highest BCUT2D eigenvalue weighted by Crippen LogP contribution is 2.19. The van der Waals surface area contributed by atoms with Crippen LogP contribution < -0.4 is 0 Å². The van der Waals surface area contributed by atoms with Crippen LogP contribution in [-0.4, -0.2) is 5.33 Å². The van der Waals surface area contributed by atoms with Crippen molar-refractivity contribution in [1.82, 2.24) is 0 Å². The molecule has 1 unspecified atom stereocenters. The van der Waals surface area contributed by atoms with Gasteiger partial charge in [0.1, 0.15) is 0 Å². The summed E-state index contributed by atoms with van der Waals surface area (Å²) < 4.78 is 0. The smallest absolute Gasteiger partial charge is 0.00597 e. The lowest BCUT2D eigenvalue weighted by Gasteiger charge is -2.15. The summed E-state index contributed by atoms with van der Waals surface area (Å²) in [7, 11) is 0. The Labute approximate surface area is 85.6 Å². The molecule has 0 spiro atoms. The summed E-state index contributed by atoms with van der Waals surface area (Å²) in [6, 6.07) is 0. The SMILES string of the molecule is C=CCCCC(CBr)CC(C)C. The number of halogens is 1. The molecule has 1 heteroatoms. The molecule has 0 heterocycles. The second-order valence-electron chi connectivity index (χ2n) is 3.87. The molecule has 0 nitrogen and oxygen atoms in total. The van der Waals surface area contributed by atoms with E-state index in [1.807, 2.05) is 6.08 Å². The number of hydrogen-bond acceptors (Lipinski definition) is 0. The van der Waals surface area contributed by atoms with Crippen LogP contribution in [0.1, 0.15) is 39.5 Å². The van der Waals surface area contributed by atoms with E-state index in [0.29, 0.717) is 0 Å². The van der Waals surface area contributed by atoms with Crippen LogP contribution >= 0.6 is 15.9 Å². The zero-order valence-corrected chi connectivity index (χ0v) is 9.94. The zero-order chi connectivity index (χ0) is 9.40. The van der Waals surface area contributed by atoms with Crippen molar-refractivity contribution in [3.05, 3.63) is 12.7 Å². The van der Waals surface area contributed by atoms with Gasteiger partial charge in [0.05, 0.1) is 0 Å². The van der Waals surface area contributed by atoms with Gasteiger partial charge in [-0.15, -0.1) is 6.58 Å². The van der Waals surface area contributed by atoms with E-state index in [-0.39, 0.29) is 0 Å². The Morgan fingerprint density at radius 1 is 1.42 bits per heavy atom. The monoisotopic (exact) mass is 232 g/mol. The lowest BCUT2D eigenvalue weighted by molar-refractivity contribution is 0.415. The summed E-state index contributed by atoms with van der Waals surface area (Å²) in [5.74, 6) is 1.70. The number of alkyl halides is 1. The molecule has 12 heavy (non-hydrogen) atoms. The average molecular weight is 233 g/mol. The third-order valence-electron chi connectivity index (χ3n) is 2.04. The van der Waals surface area contributed by atoms with E-state index in [1.165, 1.54) is 25.7 Å². The summed E-state index contributed by atoms with van der Waals surface area (Å²) in [4.78, 5) is 0. The molecule has 0 aromatic rings. The Kier molecular flexibility index (Phi) is 7.99.